The molecule has 0 bridgehead atoms. The van der Waals surface area contributed by atoms with Gasteiger partial charge in [-0.3, -0.25) is 14.4 Å². The van der Waals surface area contributed by atoms with Gasteiger partial charge in [-0.1, -0.05) is 208 Å². The average molecular weight is 875 g/mol. The van der Waals surface area contributed by atoms with Crippen molar-refractivity contribution in [3.05, 3.63) is 97.2 Å². The van der Waals surface area contributed by atoms with Crippen LogP contribution in [0.3, 0.4) is 0 Å². The van der Waals surface area contributed by atoms with E-state index in [1.54, 1.807) is 0 Å². The Bertz CT molecular complexity index is 1280. The molecule has 1 atom stereocenters. The van der Waals surface area contributed by atoms with Crippen molar-refractivity contribution in [2.24, 2.45) is 0 Å². The maximum atomic E-state index is 12.8. The summed E-state index contributed by atoms with van der Waals surface area (Å²) in [5.74, 6) is -1.09. The maximum Gasteiger partial charge on any atom is 0.306 e. The number of carbonyl (C=O) groups excluding carboxylic acids is 3. The molecular weight excluding hydrogens is 781 g/mol. The number of esters is 3. The van der Waals surface area contributed by atoms with Crippen LogP contribution in [0.15, 0.2) is 97.2 Å². The van der Waals surface area contributed by atoms with E-state index in [4.69, 9.17) is 14.2 Å². The number of carbonyl (C=O) groups is 3. The molecular formula is C57H94O6. The fourth-order valence-corrected chi connectivity index (χ4v) is 6.71. The van der Waals surface area contributed by atoms with Gasteiger partial charge in [0.1, 0.15) is 13.2 Å². The van der Waals surface area contributed by atoms with Gasteiger partial charge in [0, 0.05) is 19.3 Å². The first-order valence-corrected chi connectivity index (χ1v) is 25.7. The summed E-state index contributed by atoms with van der Waals surface area (Å²) in [6, 6.07) is 0. The van der Waals surface area contributed by atoms with Crippen molar-refractivity contribution < 1.29 is 28.6 Å². The number of hydrogen-bond donors (Lipinski definition) is 0. The lowest BCUT2D eigenvalue weighted by atomic mass is 10.1. The predicted molar refractivity (Wildman–Crippen MR) is 270 cm³/mol. The fourth-order valence-electron chi connectivity index (χ4n) is 6.71. The van der Waals surface area contributed by atoms with E-state index in [-0.39, 0.29) is 44.0 Å². The highest BCUT2D eigenvalue weighted by Gasteiger charge is 2.19. The summed E-state index contributed by atoms with van der Waals surface area (Å²) in [6.07, 6.45) is 67.0. The van der Waals surface area contributed by atoms with Crippen molar-refractivity contribution in [3.8, 4) is 0 Å². The van der Waals surface area contributed by atoms with E-state index < -0.39 is 6.10 Å². The Kier molecular flexibility index (Phi) is 48.0. The molecule has 0 saturated heterocycles. The van der Waals surface area contributed by atoms with Gasteiger partial charge in [-0.15, -0.1) is 0 Å². The molecule has 0 radical (unpaired) electrons. The zero-order chi connectivity index (χ0) is 45.8. The van der Waals surface area contributed by atoms with Crippen LogP contribution in [0.1, 0.15) is 226 Å². The van der Waals surface area contributed by atoms with Crippen LogP contribution in [0.2, 0.25) is 0 Å². The molecule has 6 nitrogen and oxygen atoms in total. The Morgan fingerprint density at radius 2 is 0.651 bits per heavy atom. The minimum absolute atomic E-state index is 0.135. The van der Waals surface area contributed by atoms with Crippen LogP contribution in [-0.2, 0) is 28.6 Å². The standard InChI is InChI=1S/C57H94O6/c1-4-7-10-13-16-19-22-25-27-29-32-35-38-41-44-47-50-56(59)62-53-54(52-61-55(58)49-46-43-40-37-34-31-24-21-18-15-12-9-6-3)63-57(60)51-48-45-42-39-36-33-30-28-26-23-20-17-14-11-8-5-2/h7,10,16,19,25,27-28,30-32,34-35,40-41,43-44,54H,4-6,8-9,11-15,17-18,20-24,26,29,33,36-39,42,45-53H2,1-3H3/b10-7-,19-16-,27-25-,30-28-,34-31-,35-32-,43-40-,44-41-. The minimum Gasteiger partial charge on any atom is -0.462 e. The number of ether oxygens (including phenoxy) is 3. The first-order chi connectivity index (χ1) is 31.0. The van der Waals surface area contributed by atoms with E-state index in [2.05, 4.69) is 99.8 Å². The molecule has 0 amide bonds. The molecule has 6 heteroatoms. The Hall–Kier alpha value is -3.67. The molecule has 0 aromatic rings. The van der Waals surface area contributed by atoms with Crippen LogP contribution in [0.25, 0.3) is 0 Å². The monoisotopic (exact) mass is 875 g/mol. The van der Waals surface area contributed by atoms with Crippen molar-refractivity contribution in [1.82, 2.24) is 0 Å². The van der Waals surface area contributed by atoms with Crippen LogP contribution < -0.4 is 0 Å². The van der Waals surface area contributed by atoms with Crippen molar-refractivity contribution in [1.29, 1.82) is 0 Å². The molecule has 0 rings (SSSR count). The zero-order valence-electron chi connectivity index (χ0n) is 40.8. The van der Waals surface area contributed by atoms with Gasteiger partial charge >= 0.3 is 17.9 Å². The summed E-state index contributed by atoms with van der Waals surface area (Å²) in [5, 5.41) is 0. The molecule has 358 valence electrons. The quantitative estimate of drug-likeness (QED) is 0.0262. The van der Waals surface area contributed by atoms with Gasteiger partial charge in [0.05, 0.1) is 0 Å². The van der Waals surface area contributed by atoms with E-state index >= 15 is 0 Å². The van der Waals surface area contributed by atoms with Crippen LogP contribution in [-0.4, -0.2) is 37.2 Å². The lowest BCUT2D eigenvalue weighted by molar-refractivity contribution is -0.166. The summed E-state index contributed by atoms with van der Waals surface area (Å²) in [7, 11) is 0. The molecule has 0 aromatic carbocycles. The van der Waals surface area contributed by atoms with Crippen molar-refractivity contribution in [3.63, 3.8) is 0 Å². The van der Waals surface area contributed by atoms with Gasteiger partial charge in [-0.25, -0.2) is 0 Å². The third-order valence-corrected chi connectivity index (χ3v) is 10.6. The molecule has 0 aliphatic rings. The van der Waals surface area contributed by atoms with E-state index in [0.717, 1.165) is 77.0 Å². The molecule has 0 N–H and O–H groups in total. The Labute approximate surface area is 387 Å². The van der Waals surface area contributed by atoms with E-state index in [9.17, 15) is 14.4 Å². The van der Waals surface area contributed by atoms with Gasteiger partial charge in [0.25, 0.3) is 0 Å². The molecule has 0 spiro atoms. The number of unbranched alkanes of at least 4 members (excludes halogenated alkanes) is 18. The van der Waals surface area contributed by atoms with Crippen molar-refractivity contribution >= 4 is 17.9 Å². The maximum absolute atomic E-state index is 12.8. The Morgan fingerprint density at radius 3 is 1.05 bits per heavy atom. The second-order valence-corrected chi connectivity index (χ2v) is 16.7. The first-order valence-electron chi connectivity index (χ1n) is 25.7. The van der Waals surface area contributed by atoms with E-state index in [0.29, 0.717) is 19.3 Å². The third kappa shape index (κ3) is 49.2. The highest BCUT2D eigenvalue weighted by atomic mass is 16.6. The molecule has 0 heterocycles. The van der Waals surface area contributed by atoms with E-state index in [1.165, 1.54) is 96.3 Å². The Balaban J connectivity index is 4.57. The van der Waals surface area contributed by atoms with Gasteiger partial charge in [0.2, 0.25) is 0 Å². The molecule has 63 heavy (non-hydrogen) atoms. The summed E-state index contributed by atoms with van der Waals surface area (Å²) >= 11 is 0. The van der Waals surface area contributed by atoms with Crippen LogP contribution in [0.4, 0.5) is 0 Å². The van der Waals surface area contributed by atoms with Gasteiger partial charge in [-0.05, 0) is 96.3 Å². The van der Waals surface area contributed by atoms with Crippen LogP contribution in [0.5, 0.6) is 0 Å². The zero-order valence-corrected chi connectivity index (χ0v) is 40.8. The smallest absolute Gasteiger partial charge is 0.306 e. The molecule has 0 fully saturated rings. The van der Waals surface area contributed by atoms with Gasteiger partial charge in [0.15, 0.2) is 6.10 Å². The van der Waals surface area contributed by atoms with Crippen molar-refractivity contribution in [2.45, 2.75) is 232 Å². The number of allylic oxidation sites excluding steroid dienone is 16. The predicted octanol–water partition coefficient (Wildman–Crippen LogP) is 17.0. The molecule has 0 aromatic heterocycles. The summed E-state index contributed by atoms with van der Waals surface area (Å²) in [4.78, 5) is 37.9. The number of rotatable bonds is 45. The fraction of sp³-hybridized carbons (Fsp3) is 0.667. The number of hydrogen-bond acceptors (Lipinski definition) is 6. The molecule has 0 aliphatic heterocycles. The lowest BCUT2D eigenvalue weighted by Gasteiger charge is -2.18. The highest BCUT2D eigenvalue weighted by molar-refractivity contribution is 5.71. The van der Waals surface area contributed by atoms with Gasteiger partial charge < -0.3 is 14.2 Å². The summed E-state index contributed by atoms with van der Waals surface area (Å²) in [5.41, 5.74) is 0. The first kappa shape index (κ1) is 59.3. The Morgan fingerprint density at radius 1 is 0.333 bits per heavy atom. The lowest BCUT2D eigenvalue weighted by Crippen LogP contribution is -2.30. The average Bonchev–Trinajstić information content (AvgIpc) is 3.28. The SMILES string of the molecule is CC/C=C\C/C=C\C/C=C\C/C=C\C/C=C\CCC(=O)OCC(COC(=O)CC/C=C\C/C=C\CCCCCCCC)OC(=O)CCCCCCC/C=C\CCCCCCCCC. The minimum atomic E-state index is -0.834. The van der Waals surface area contributed by atoms with Gasteiger partial charge in [-0.2, -0.15) is 0 Å². The largest absolute Gasteiger partial charge is 0.462 e. The third-order valence-electron chi connectivity index (χ3n) is 10.6. The highest BCUT2D eigenvalue weighted by Crippen LogP contribution is 2.13. The van der Waals surface area contributed by atoms with Crippen LogP contribution >= 0.6 is 0 Å². The van der Waals surface area contributed by atoms with E-state index in [1.807, 2.05) is 18.2 Å². The second kappa shape index (κ2) is 51.0. The van der Waals surface area contributed by atoms with Crippen molar-refractivity contribution in [2.75, 3.05) is 13.2 Å². The summed E-state index contributed by atoms with van der Waals surface area (Å²) in [6.45, 7) is 6.38. The molecule has 0 aliphatic carbocycles. The molecule has 1 unspecified atom stereocenters. The molecule has 0 saturated carbocycles. The second-order valence-electron chi connectivity index (χ2n) is 16.7. The normalized spacial score (nSPS) is 12.9. The van der Waals surface area contributed by atoms with Crippen LogP contribution in [0, 0.1) is 0 Å². The topological polar surface area (TPSA) is 78.9 Å². The summed E-state index contributed by atoms with van der Waals surface area (Å²) < 4.78 is 16.6.